The third-order valence-corrected chi connectivity index (χ3v) is 9.05. The largest absolute Gasteiger partial charge is 0.756 e. The Hall–Kier alpha value is -1.80. The number of hydrogen-bond donors (Lipinski definition) is 0. The molecule has 0 saturated carbocycles. The molecule has 0 rings (SSSR count). The Morgan fingerprint density at radius 3 is 1.71 bits per heavy atom. The molecule has 8 nitrogen and oxygen atoms in total. The molecule has 2 atom stereocenters. The van der Waals surface area contributed by atoms with Crippen molar-refractivity contribution in [2.24, 2.45) is 0 Å². The number of nitrogens with zero attached hydrogens (tertiary/aromatic N) is 1. The maximum absolute atomic E-state index is 12.6. The first-order valence-corrected chi connectivity index (χ1v) is 21.5. The number of carbonyl (C=O) groups excluding carboxylic acids is 1. The first kappa shape index (κ1) is 49.2. The molecule has 0 fully saturated rings. The number of ether oxygens (including phenoxy) is 2. The highest BCUT2D eigenvalue weighted by atomic mass is 31.2. The predicted octanol–water partition coefficient (Wildman–Crippen LogP) is 10.7. The SMILES string of the molecule is CC/C=C\C/C=C\C/C=C\C/C=C\C/C=C\CCCCCCCCCC(=O)OC(COCCCCCCCC)COP(=O)([O-])OCC[N+](C)(C)C. The Bertz CT molecular complexity index is 1000. The van der Waals surface area contributed by atoms with Crippen LogP contribution < -0.4 is 4.89 Å². The van der Waals surface area contributed by atoms with Crippen LogP contribution in [0.15, 0.2) is 60.8 Å². The zero-order chi connectivity index (χ0) is 37.7. The summed E-state index contributed by atoms with van der Waals surface area (Å²) in [5.74, 6) is -0.351. The fourth-order valence-corrected chi connectivity index (χ4v) is 5.71. The molecule has 51 heavy (non-hydrogen) atoms. The van der Waals surface area contributed by atoms with Crippen molar-refractivity contribution in [3.8, 4) is 0 Å². The van der Waals surface area contributed by atoms with Gasteiger partial charge in [-0.3, -0.25) is 9.36 Å². The summed E-state index contributed by atoms with van der Waals surface area (Å²) in [6, 6.07) is 0. The average Bonchev–Trinajstić information content (AvgIpc) is 3.08. The molecular weight excluding hydrogens is 661 g/mol. The standard InChI is InChI=1S/C42H76NO7P/c1-6-8-10-12-14-15-16-17-18-19-20-21-22-23-24-25-26-27-28-29-30-31-33-35-42(44)50-41(39-47-37-34-32-13-11-9-7-2)40-49-51(45,46)48-38-36-43(3,4)5/h8,10,14-15,17-18,20-21,23-24,41H,6-7,9,11-13,16,19,22,25-40H2,1-5H3/b10-8-,15-14-,18-17-,21-20-,24-23-. The van der Waals surface area contributed by atoms with Crippen molar-refractivity contribution in [2.75, 3.05) is 54.1 Å². The normalized spacial score (nSPS) is 14.5. The van der Waals surface area contributed by atoms with Crippen LogP contribution >= 0.6 is 7.82 Å². The van der Waals surface area contributed by atoms with Gasteiger partial charge in [-0.15, -0.1) is 0 Å². The number of phosphoric ester groups is 1. The van der Waals surface area contributed by atoms with Gasteiger partial charge in [0.25, 0.3) is 7.82 Å². The number of phosphoric acid groups is 1. The van der Waals surface area contributed by atoms with Crippen molar-refractivity contribution >= 4 is 13.8 Å². The lowest BCUT2D eigenvalue weighted by atomic mass is 10.1. The van der Waals surface area contributed by atoms with Crippen LogP contribution in [0.3, 0.4) is 0 Å². The summed E-state index contributed by atoms with van der Waals surface area (Å²) in [4.78, 5) is 24.9. The van der Waals surface area contributed by atoms with Crippen LogP contribution in [-0.4, -0.2) is 70.7 Å². The molecule has 0 radical (unpaired) electrons. The summed E-state index contributed by atoms with van der Waals surface area (Å²) in [6.07, 6.45) is 42.5. The van der Waals surface area contributed by atoms with Crippen LogP contribution in [0.4, 0.5) is 0 Å². The molecule has 0 amide bonds. The molecule has 0 aliphatic rings. The highest BCUT2D eigenvalue weighted by molar-refractivity contribution is 7.45. The van der Waals surface area contributed by atoms with Crippen molar-refractivity contribution in [3.63, 3.8) is 0 Å². The molecule has 9 heteroatoms. The maximum Gasteiger partial charge on any atom is 0.306 e. The summed E-state index contributed by atoms with van der Waals surface area (Å²) < 4.78 is 34.3. The van der Waals surface area contributed by atoms with Gasteiger partial charge >= 0.3 is 5.97 Å². The van der Waals surface area contributed by atoms with Gasteiger partial charge in [0.1, 0.15) is 19.3 Å². The predicted molar refractivity (Wildman–Crippen MR) is 212 cm³/mol. The molecule has 0 aliphatic carbocycles. The minimum absolute atomic E-state index is 0.0214. The number of unbranched alkanes of at least 4 members (excludes halogenated alkanes) is 12. The third kappa shape index (κ3) is 39.2. The lowest BCUT2D eigenvalue weighted by Crippen LogP contribution is -2.37. The monoisotopic (exact) mass is 738 g/mol. The number of carbonyl (C=O) groups is 1. The minimum atomic E-state index is -4.52. The highest BCUT2D eigenvalue weighted by Gasteiger charge is 2.20. The second kappa shape index (κ2) is 35.2. The number of allylic oxidation sites excluding steroid dienone is 10. The molecule has 296 valence electrons. The van der Waals surface area contributed by atoms with E-state index in [0.29, 0.717) is 24.1 Å². The minimum Gasteiger partial charge on any atom is -0.756 e. The number of quaternary nitrogens is 1. The van der Waals surface area contributed by atoms with Gasteiger partial charge in [0.2, 0.25) is 0 Å². The Morgan fingerprint density at radius 1 is 0.627 bits per heavy atom. The smallest absolute Gasteiger partial charge is 0.306 e. The second-order valence-corrected chi connectivity index (χ2v) is 15.7. The van der Waals surface area contributed by atoms with Crippen LogP contribution in [-0.2, 0) is 27.9 Å². The Morgan fingerprint density at radius 2 is 1.14 bits per heavy atom. The number of esters is 1. The maximum atomic E-state index is 12.6. The summed E-state index contributed by atoms with van der Waals surface area (Å²) in [7, 11) is 1.34. The Kier molecular flexibility index (Phi) is 34.0. The average molecular weight is 738 g/mol. The lowest BCUT2D eigenvalue weighted by Gasteiger charge is -2.28. The fourth-order valence-electron chi connectivity index (χ4n) is 4.98. The number of likely N-dealkylation sites (N-methyl/N-ethyl adjacent to an activating group) is 1. The molecule has 0 aromatic rings. The molecule has 0 heterocycles. The third-order valence-electron chi connectivity index (χ3n) is 8.08. The first-order valence-electron chi connectivity index (χ1n) is 20.0. The van der Waals surface area contributed by atoms with Crippen molar-refractivity contribution in [1.29, 1.82) is 0 Å². The molecule has 0 spiro atoms. The molecule has 0 aromatic carbocycles. The van der Waals surface area contributed by atoms with Gasteiger partial charge in [-0.1, -0.05) is 139 Å². The lowest BCUT2D eigenvalue weighted by molar-refractivity contribution is -0.870. The van der Waals surface area contributed by atoms with E-state index < -0.39 is 13.9 Å². The summed E-state index contributed by atoms with van der Waals surface area (Å²) in [5.41, 5.74) is 0. The van der Waals surface area contributed by atoms with Crippen LogP contribution in [0.5, 0.6) is 0 Å². The highest BCUT2D eigenvalue weighted by Crippen LogP contribution is 2.38. The van der Waals surface area contributed by atoms with Crippen molar-refractivity contribution < 1.29 is 37.3 Å². The van der Waals surface area contributed by atoms with Crippen molar-refractivity contribution in [2.45, 2.75) is 148 Å². The number of hydrogen-bond acceptors (Lipinski definition) is 7. The molecule has 0 N–H and O–H groups in total. The summed E-state index contributed by atoms with van der Waals surface area (Å²) in [5, 5.41) is 0. The molecule has 2 unspecified atom stereocenters. The molecule has 0 aliphatic heterocycles. The number of rotatable bonds is 36. The summed E-state index contributed by atoms with van der Waals surface area (Å²) >= 11 is 0. The van der Waals surface area contributed by atoms with Gasteiger partial charge in [0.05, 0.1) is 34.4 Å². The van der Waals surface area contributed by atoms with E-state index in [-0.39, 0.29) is 25.8 Å². The van der Waals surface area contributed by atoms with Crippen LogP contribution in [0.1, 0.15) is 142 Å². The van der Waals surface area contributed by atoms with Gasteiger partial charge < -0.3 is 27.9 Å². The first-order chi connectivity index (χ1) is 24.6. The zero-order valence-corrected chi connectivity index (χ0v) is 34.2. The summed E-state index contributed by atoms with van der Waals surface area (Å²) in [6.45, 7) is 5.21. The van der Waals surface area contributed by atoms with E-state index in [2.05, 4.69) is 74.6 Å². The molecule has 0 saturated heterocycles. The van der Waals surface area contributed by atoms with E-state index in [1.54, 1.807) is 0 Å². The van der Waals surface area contributed by atoms with Gasteiger partial charge in [-0.05, 0) is 57.8 Å². The fraction of sp³-hybridized carbons (Fsp3) is 0.738. The second-order valence-electron chi connectivity index (χ2n) is 14.3. The Balaban J connectivity index is 4.13. The molecular formula is C42H76NO7P. The molecule has 0 bridgehead atoms. The van der Waals surface area contributed by atoms with E-state index in [1.165, 1.54) is 44.9 Å². The van der Waals surface area contributed by atoms with E-state index >= 15 is 0 Å². The van der Waals surface area contributed by atoms with Gasteiger partial charge in [0.15, 0.2) is 0 Å². The van der Waals surface area contributed by atoms with Crippen LogP contribution in [0.2, 0.25) is 0 Å². The zero-order valence-electron chi connectivity index (χ0n) is 33.3. The van der Waals surface area contributed by atoms with Gasteiger partial charge in [-0.2, -0.15) is 0 Å². The molecule has 0 aromatic heterocycles. The van der Waals surface area contributed by atoms with Crippen LogP contribution in [0, 0.1) is 0 Å². The van der Waals surface area contributed by atoms with Gasteiger partial charge in [0, 0.05) is 13.0 Å². The van der Waals surface area contributed by atoms with E-state index in [1.807, 2.05) is 21.1 Å². The van der Waals surface area contributed by atoms with Gasteiger partial charge in [-0.25, -0.2) is 0 Å². The quantitative estimate of drug-likeness (QED) is 0.0208. The topological polar surface area (TPSA) is 94.1 Å². The van der Waals surface area contributed by atoms with Crippen molar-refractivity contribution in [1.82, 2.24) is 0 Å². The van der Waals surface area contributed by atoms with Crippen molar-refractivity contribution in [3.05, 3.63) is 60.8 Å². The Labute approximate surface area is 313 Å². The van der Waals surface area contributed by atoms with Crippen LogP contribution in [0.25, 0.3) is 0 Å². The van der Waals surface area contributed by atoms with E-state index in [4.69, 9.17) is 18.5 Å². The van der Waals surface area contributed by atoms with E-state index in [0.717, 1.165) is 77.0 Å². The van der Waals surface area contributed by atoms with E-state index in [9.17, 15) is 14.3 Å².